The smallest absolute Gasteiger partial charge is 0.315 e. The van der Waals surface area contributed by atoms with Crippen LogP contribution < -0.4 is 16.0 Å². The van der Waals surface area contributed by atoms with Crippen LogP contribution in [-0.4, -0.2) is 28.8 Å². The first kappa shape index (κ1) is 19.2. The number of nitrogens with zero attached hydrogens (tertiary/aromatic N) is 2. The van der Waals surface area contributed by atoms with Crippen LogP contribution in [0, 0.1) is 0 Å². The zero-order chi connectivity index (χ0) is 19.8. The molecule has 0 spiro atoms. The van der Waals surface area contributed by atoms with E-state index in [1.165, 1.54) is 0 Å². The fraction of sp³-hybridized carbons (Fsp3) is 0.190. The zero-order valence-corrected chi connectivity index (χ0v) is 15.7. The quantitative estimate of drug-likeness (QED) is 0.590. The number of amides is 3. The lowest BCUT2D eigenvalue weighted by Crippen LogP contribution is -2.34. The Labute approximate surface area is 163 Å². The van der Waals surface area contributed by atoms with Gasteiger partial charge in [0.05, 0.1) is 6.54 Å². The minimum absolute atomic E-state index is 0.133. The highest BCUT2D eigenvalue weighted by Gasteiger charge is 2.06. The van der Waals surface area contributed by atoms with Crippen molar-refractivity contribution in [2.24, 2.45) is 0 Å². The molecule has 3 amide bonds. The number of carbonyl (C=O) groups excluding carboxylic acids is 2. The Bertz CT molecular complexity index is 920. The van der Waals surface area contributed by atoms with Gasteiger partial charge in [0.1, 0.15) is 0 Å². The molecule has 144 valence electrons. The van der Waals surface area contributed by atoms with Crippen LogP contribution in [0.2, 0.25) is 0 Å². The van der Waals surface area contributed by atoms with E-state index in [-0.39, 0.29) is 11.9 Å². The maximum atomic E-state index is 12.1. The van der Waals surface area contributed by atoms with Gasteiger partial charge in [-0.1, -0.05) is 36.4 Å². The molecule has 7 heteroatoms. The molecule has 2 aromatic carbocycles. The minimum Gasteiger partial charge on any atom is -0.355 e. The van der Waals surface area contributed by atoms with Gasteiger partial charge in [-0.15, -0.1) is 0 Å². The highest BCUT2D eigenvalue weighted by atomic mass is 16.2. The standard InChI is InChI=1S/C21H23N5O2/c1-22-20(27)17-9-7-16(8-10-17)13-23-21(28)24-14-18-5-2-3-6-19(18)15-26-12-4-11-25-26/h2-12H,13-15H2,1H3,(H,22,27)(H2,23,24,28). The van der Waals surface area contributed by atoms with E-state index >= 15 is 0 Å². The molecule has 28 heavy (non-hydrogen) atoms. The van der Waals surface area contributed by atoms with Crippen LogP contribution in [0.1, 0.15) is 27.0 Å². The van der Waals surface area contributed by atoms with E-state index in [1.807, 2.05) is 53.3 Å². The lowest BCUT2D eigenvalue weighted by atomic mass is 10.1. The van der Waals surface area contributed by atoms with Crippen LogP contribution in [0.25, 0.3) is 0 Å². The summed E-state index contributed by atoms with van der Waals surface area (Å²) in [5.74, 6) is -0.133. The molecule has 0 saturated carbocycles. The Hall–Kier alpha value is -3.61. The Kier molecular flexibility index (Phi) is 6.41. The van der Waals surface area contributed by atoms with Gasteiger partial charge >= 0.3 is 6.03 Å². The summed E-state index contributed by atoms with van der Waals surface area (Å²) in [4.78, 5) is 23.7. The number of benzene rings is 2. The van der Waals surface area contributed by atoms with Crippen LogP contribution in [0.4, 0.5) is 4.79 Å². The molecule has 0 aliphatic heterocycles. The Morgan fingerprint density at radius 2 is 1.64 bits per heavy atom. The van der Waals surface area contributed by atoms with Crippen molar-refractivity contribution in [2.75, 3.05) is 7.05 Å². The lowest BCUT2D eigenvalue weighted by molar-refractivity contribution is 0.0963. The molecule has 0 bridgehead atoms. The van der Waals surface area contributed by atoms with E-state index < -0.39 is 0 Å². The summed E-state index contributed by atoms with van der Waals surface area (Å²) in [5.41, 5.74) is 3.66. The average molecular weight is 377 g/mol. The van der Waals surface area contributed by atoms with E-state index in [1.54, 1.807) is 25.4 Å². The second-order valence-corrected chi connectivity index (χ2v) is 6.28. The van der Waals surface area contributed by atoms with Crippen molar-refractivity contribution in [2.45, 2.75) is 19.6 Å². The molecule has 3 aromatic rings. The largest absolute Gasteiger partial charge is 0.355 e. The molecule has 7 nitrogen and oxygen atoms in total. The Morgan fingerprint density at radius 3 is 2.32 bits per heavy atom. The van der Waals surface area contributed by atoms with Crippen molar-refractivity contribution >= 4 is 11.9 Å². The van der Waals surface area contributed by atoms with Crippen molar-refractivity contribution in [3.8, 4) is 0 Å². The third kappa shape index (κ3) is 5.20. The van der Waals surface area contributed by atoms with Gasteiger partial charge in [0.25, 0.3) is 5.91 Å². The van der Waals surface area contributed by atoms with Crippen molar-refractivity contribution in [3.05, 3.63) is 89.2 Å². The fourth-order valence-electron chi connectivity index (χ4n) is 2.79. The van der Waals surface area contributed by atoms with E-state index in [9.17, 15) is 9.59 Å². The maximum Gasteiger partial charge on any atom is 0.315 e. The lowest BCUT2D eigenvalue weighted by Gasteiger charge is -2.12. The van der Waals surface area contributed by atoms with Gasteiger partial charge in [-0.2, -0.15) is 5.10 Å². The predicted octanol–water partition coefficient (Wildman–Crippen LogP) is 2.29. The molecule has 0 fully saturated rings. The highest BCUT2D eigenvalue weighted by Crippen LogP contribution is 2.10. The van der Waals surface area contributed by atoms with Crippen molar-refractivity contribution in [1.82, 2.24) is 25.7 Å². The summed E-state index contributed by atoms with van der Waals surface area (Å²) in [7, 11) is 1.59. The summed E-state index contributed by atoms with van der Waals surface area (Å²) in [6, 6.07) is 16.7. The first-order valence-corrected chi connectivity index (χ1v) is 9.02. The molecular formula is C21H23N5O2. The summed E-state index contributed by atoms with van der Waals surface area (Å²) in [5, 5.41) is 12.5. The highest BCUT2D eigenvalue weighted by molar-refractivity contribution is 5.93. The van der Waals surface area contributed by atoms with E-state index in [0.717, 1.165) is 16.7 Å². The topological polar surface area (TPSA) is 88.0 Å². The minimum atomic E-state index is -0.246. The van der Waals surface area contributed by atoms with E-state index in [2.05, 4.69) is 21.0 Å². The summed E-state index contributed by atoms with van der Waals surface area (Å²) in [6.45, 7) is 1.47. The van der Waals surface area contributed by atoms with Crippen molar-refractivity contribution in [1.29, 1.82) is 0 Å². The maximum absolute atomic E-state index is 12.1. The molecular weight excluding hydrogens is 354 g/mol. The molecule has 0 aliphatic rings. The Morgan fingerprint density at radius 1 is 0.929 bits per heavy atom. The van der Waals surface area contributed by atoms with Crippen molar-refractivity contribution in [3.63, 3.8) is 0 Å². The monoisotopic (exact) mass is 377 g/mol. The van der Waals surface area contributed by atoms with Gasteiger partial charge in [0, 0.05) is 38.1 Å². The van der Waals surface area contributed by atoms with Crippen LogP contribution in [0.5, 0.6) is 0 Å². The van der Waals surface area contributed by atoms with Crippen LogP contribution in [-0.2, 0) is 19.6 Å². The van der Waals surface area contributed by atoms with Gasteiger partial charge in [0.15, 0.2) is 0 Å². The van der Waals surface area contributed by atoms with E-state index in [0.29, 0.717) is 25.2 Å². The summed E-state index contributed by atoms with van der Waals surface area (Å²) < 4.78 is 1.85. The average Bonchev–Trinajstić information content (AvgIpc) is 3.24. The summed E-state index contributed by atoms with van der Waals surface area (Å²) in [6.07, 6.45) is 3.65. The summed E-state index contributed by atoms with van der Waals surface area (Å²) >= 11 is 0. The van der Waals surface area contributed by atoms with Gasteiger partial charge in [-0.05, 0) is 34.9 Å². The molecule has 3 rings (SSSR count). The third-order valence-electron chi connectivity index (χ3n) is 4.35. The predicted molar refractivity (Wildman–Crippen MR) is 107 cm³/mol. The van der Waals surface area contributed by atoms with Gasteiger partial charge in [0.2, 0.25) is 0 Å². The van der Waals surface area contributed by atoms with Crippen LogP contribution in [0.3, 0.4) is 0 Å². The van der Waals surface area contributed by atoms with Gasteiger partial charge in [-0.3, -0.25) is 9.48 Å². The van der Waals surface area contributed by atoms with Gasteiger partial charge < -0.3 is 16.0 Å². The number of nitrogens with one attached hydrogen (secondary N) is 3. The molecule has 0 saturated heterocycles. The Balaban J connectivity index is 1.50. The molecule has 0 atom stereocenters. The molecule has 0 radical (unpaired) electrons. The first-order chi connectivity index (χ1) is 13.7. The first-order valence-electron chi connectivity index (χ1n) is 9.02. The number of hydrogen-bond acceptors (Lipinski definition) is 3. The number of aromatic nitrogens is 2. The normalized spacial score (nSPS) is 10.3. The second kappa shape index (κ2) is 9.36. The van der Waals surface area contributed by atoms with E-state index in [4.69, 9.17) is 0 Å². The van der Waals surface area contributed by atoms with Crippen LogP contribution in [0.15, 0.2) is 67.0 Å². The molecule has 1 aromatic heterocycles. The zero-order valence-electron chi connectivity index (χ0n) is 15.7. The third-order valence-corrected chi connectivity index (χ3v) is 4.35. The second-order valence-electron chi connectivity index (χ2n) is 6.28. The van der Waals surface area contributed by atoms with Crippen molar-refractivity contribution < 1.29 is 9.59 Å². The SMILES string of the molecule is CNC(=O)c1ccc(CNC(=O)NCc2ccccc2Cn2cccn2)cc1. The number of rotatable bonds is 7. The number of urea groups is 1. The van der Waals surface area contributed by atoms with Gasteiger partial charge in [-0.25, -0.2) is 4.79 Å². The molecule has 3 N–H and O–H groups in total. The van der Waals surface area contributed by atoms with Crippen LogP contribution >= 0.6 is 0 Å². The fourth-order valence-corrected chi connectivity index (χ4v) is 2.79. The number of hydrogen-bond donors (Lipinski definition) is 3. The number of carbonyl (C=O) groups is 2. The molecule has 1 heterocycles. The molecule has 0 unspecified atom stereocenters. The molecule has 0 aliphatic carbocycles.